The zero-order valence-corrected chi connectivity index (χ0v) is 26.9. The molecular weight excluding hydrogens is 667 g/mol. The monoisotopic (exact) mass is 695 g/mol. The third-order valence-corrected chi connectivity index (χ3v) is 7.09. The molecule has 4 rings (SSSR count). The molecule has 0 bridgehead atoms. The molecule has 0 atom stereocenters. The Bertz CT molecular complexity index is 1970. The lowest BCUT2D eigenvalue weighted by Crippen LogP contribution is -2.11. The minimum atomic E-state index is -4.89. The van der Waals surface area contributed by atoms with Gasteiger partial charge in [-0.1, -0.05) is 48.5 Å². The molecule has 0 amide bonds. The highest BCUT2D eigenvalue weighted by Gasteiger charge is 2.29. The number of aliphatic imine (C=N–C) groups is 1. The van der Waals surface area contributed by atoms with Crippen molar-refractivity contribution in [2.45, 2.75) is 13.0 Å². The minimum absolute atomic E-state index is 0.0575. The predicted molar refractivity (Wildman–Crippen MR) is 167 cm³/mol. The molecule has 4 aromatic rings. The van der Waals surface area contributed by atoms with Crippen molar-refractivity contribution in [1.82, 2.24) is 0 Å². The largest absolute Gasteiger partial charge is 0.573 e. The van der Waals surface area contributed by atoms with E-state index >= 15 is 0 Å². The molecule has 0 saturated carbocycles. The molecule has 0 aromatic heterocycles. The fourth-order valence-corrected chi connectivity index (χ4v) is 5.24. The lowest BCUT2D eigenvalue weighted by Gasteiger charge is -2.21. The second kappa shape index (κ2) is 14.2. The van der Waals surface area contributed by atoms with Gasteiger partial charge in [0, 0.05) is 5.56 Å². The number of rotatable bonds is 13. The molecule has 11 nitrogen and oxygen atoms in total. The molecule has 0 spiro atoms. The summed E-state index contributed by atoms with van der Waals surface area (Å²) in [6, 6.07) is 20.7. The Morgan fingerprint density at radius 2 is 1.36 bits per heavy atom. The molecule has 4 aromatic carbocycles. The molecule has 0 aliphatic rings. The Morgan fingerprint density at radius 1 is 0.723 bits per heavy atom. The van der Waals surface area contributed by atoms with E-state index in [1.165, 1.54) is 62.8 Å². The summed E-state index contributed by atoms with van der Waals surface area (Å²) in [6.07, 6.45) is -2.95. The van der Waals surface area contributed by atoms with Gasteiger partial charge in [-0.25, -0.2) is 4.99 Å². The number of methoxy groups -OCH3 is 2. The van der Waals surface area contributed by atoms with E-state index in [0.717, 1.165) is 18.1 Å². The summed E-state index contributed by atoms with van der Waals surface area (Å²) in [5.74, 6) is -0.379. The van der Waals surface area contributed by atoms with Crippen LogP contribution in [0.5, 0.6) is 28.7 Å². The maximum atomic E-state index is 12.5. The second-order valence-corrected chi connectivity index (χ2v) is 12.9. The normalized spacial score (nSPS) is 12.1. The second-order valence-electron chi connectivity index (χ2n) is 9.72. The summed E-state index contributed by atoms with van der Waals surface area (Å²) in [4.78, 5) is 3.60. The lowest BCUT2D eigenvalue weighted by molar-refractivity contribution is -0.280. The Balaban J connectivity index is 1.86. The van der Waals surface area contributed by atoms with Crippen LogP contribution in [0.1, 0.15) is 5.56 Å². The first-order valence-electron chi connectivity index (χ1n) is 13.3. The van der Waals surface area contributed by atoms with Crippen LogP contribution >= 0.6 is 0 Å². The first kappa shape index (κ1) is 34.9. The van der Waals surface area contributed by atoms with Crippen LogP contribution in [0.25, 0.3) is 22.3 Å². The third kappa shape index (κ3) is 9.76. The Kier molecular flexibility index (Phi) is 10.6. The molecule has 0 N–H and O–H groups in total. The summed E-state index contributed by atoms with van der Waals surface area (Å²) in [5, 5.41) is 0. The van der Waals surface area contributed by atoms with E-state index in [0.29, 0.717) is 5.56 Å². The minimum Gasteiger partial charge on any atom is -0.496 e. The fourth-order valence-electron chi connectivity index (χ4n) is 4.32. The zero-order valence-electron chi connectivity index (χ0n) is 25.3. The zero-order chi connectivity index (χ0) is 34.4. The van der Waals surface area contributed by atoms with Crippen LogP contribution in [0, 0.1) is 0 Å². The van der Waals surface area contributed by atoms with E-state index in [9.17, 15) is 30.0 Å². The van der Waals surface area contributed by atoms with Crippen LogP contribution in [0.2, 0.25) is 0 Å². The van der Waals surface area contributed by atoms with Crippen molar-refractivity contribution in [2.75, 3.05) is 26.7 Å². The van der Waals surface area contributed by atoms with Gasteiger partial charge in [-0.15, -0.1) is 13.2 Å². The van der Waals surface area contributed by atoms with Crippen LogP contribution in [-0.4, -0.2) is 56.3 Å². The maximum absolute atomic E-state index is 12.5. The van der Waals surface area contributed by atoms with Crippen molar-refractivity contribution >= 4 is 32.3 Å². The van der Waals surface area contributed by atoms with E-state index in [1.54, 1.807) is 0 Å². The molecule has 47 heavy (non-hydrogen) atoms. The highest BCUT2D eigenvalue weighted by atomic mass is 32.2. The number of halogens is 3. The van der Waals surface area contributed by atoms with Gasteiger partial charge in [-0.2, -0.15) is 16.8 Å². The van der Waals surface area contributed by atoms with Crippen LogP contribution < -0.4 is 22.6 Å². The summed E-state index contributed by atoms with van der Waals surface area (Å²) in [5.41, 5.74) is 1.92. The third-order valence-electron chi connectivity index (χ3n) is 6.14. The highest BCUT2D eigenvalue weighted by molar-refractivity contribution is 7.86. The average Bonchev–Trinajstić information content (AvgIpc) is 2.98. The van der Waals surface area contributed by atoms with E-state index in [-0.39, 0.29) is 64.1 Å². The number of ether oxygens (including phenoxy) is 4. The van der Waals surface area contributed by atoms with Crippen LogP contribution in [-0.2, 0) is 31.6 Å². The summed E-state index contributed by atoms with van der Waals surface area (Å²) in [6.45, 7) is 0.0913. The van der Waals surface area contributed by atoms with Crippen molar-refractivity contribution in [3.8, 4) is 51.0 Å². The van der Waals surface area contributed by atoms with Crippen molar-refractivity contribution in [3.05, 3.63) is 84.4 Å². The van der Waals surface area contributed by atoms with E-state index in [1.807, 2.05) is 30.3 Å². The van der Waals surface area contributed by atoms with Crippen LogP contribution in [0.15, 0.2) is 83.9 Å². The van der Waals surface area contributed by atoms with Gasteiger partial charge in [-0.05, 0) is 47.0 Å². The highest BCUT2D eigenvalue weighted by Crippen LogP contribution is 2.51. The topological polar surface area (TPSA) is 136 Å². The SMILES string of the molecule is COc1cc(-c2ccc(/N=C\OC(F)(F)F)cc2)c(OC)c(OS(C)(=O)=O)c1-c1ccc(OCc2ccccc2)c(OS(C)(=O)=O)c1. The quantitative estimate of drug-likeness (QED) is 0.0868. The van der Waals surface area contributed by atoms with Crippen molar-refractivity contribution in [2.24, 2.45) is 4.99 Å². The molecule has 0 heterocycles. The van der Waals surface area contributed by atoms with E-state index < -0.39 is 26.6 Å². The van der Waals surface area contributed by atoms with Crippen molar-refractivity contribution in [1.29, 1.82) is 0 Å². The first-order valence-corrected chi connectivity index (χ1v) is 17.0. The van der Waals surface area contributed by atoms with Gasteiger partial charge in [0.25, 0.3) is 0 Å². The molecule has 0 fully saturated rings. The summed E-state index contributed by atoms with van der Waals surface area (Å²) < 4.78 is 118. The Morgan fingerprint density at radius 3 is 1.94 bits per heavy atom. The number of benzene rings is 4. The smallest absolute Gasteiger partial charge is 0.496 e. The molecule has 0 aliphatic carbocycles. The molecule has 0 aliphatic heterocycles. The van der Waals surface area contributed by atoms with E-state index in [2.05, 4.69) is 9.73 Å². The van der Waals surface area contributed by atoms with Gasteiger partial charge >= 0.3 is 26.6 Å². The van der Waals surface area contributed by atoms with Crippen molar-refractivity contribution in [3.63, 3.8) is 0 Å². The lowest BCUT2D eigenvalue weighted by atomic mass is 9.96. The Labute approximate surface area is 269 Å². The van der Waals surface area contributed by atoms with Gasteiger partial charge in [0.05, 0.1) is 38.0 Å². The van der Waals surface area contributed by atoms with Gasteiger partial charge in [0.1, 0.15) is 12.4 Å². The number of hydrogen-bond donors (Lipinski definition) is 0. The van der Waals surface area contributed by atoms with E-state index in [4.69, 9.17) is 22.6 Å². The molecule has 0 saturated heterocycles. The fraction of sp³-hybridized carbons (Fsp3) is 0.194. The van der Waals surface area contributed by atoms with Crippen LogP contribution in [0.3, 0.4) is 0 Å². The summed E-state index contributed by atoms with van der Waals surface area (Å²) >= 11 is 0. The number of nitrogens with zero attached hydrogens (tertiary/aromatic N) is 1. The summed E-state index contributed by atoms with van der Waals surface area (Å²) in [7, 11) is -5.64. The molecule has 0 radical (unpaired) electrons. The van der Waals surface area contributed by atoms with Gasteiger partial charge < -0.3 is 27.3 Å². The number of hydrogen-bond acceptors (Lipinski definition) is 11. The molecule has 250 valence electrons. The molecular formula is C31H28F3NO10S2. The van der Waals surface area contributed by atoms with Gasteiger partial charge in [0.15, 0.2) is 29.4 Å². The average molecular weight is 696 g/mol. The predicted octanol–water partition coefficient (Wildman–Crippen LogP) is 6.49. The first-order chi connectivity index (χ1) is 22.1. The van der Waals surface area contributed by atoms with Crippen LogP contribution in [0.4, 0.5) is 18.9 Å². The molecule has 16 heteroatoms. The van der Waals surface area contributed by atoms with Gasteiger partial charge in [-0.3, -0.25) is 0 Å². The number of alkyl halides is 3. The Hall–Kier alpha value is -4.96. The van der Waals surface area contributed by atoms with Gasteiger partial charge in [0.2, 0.25) is 0 Å². The standard InChI is InChI=1S/C31H28F3NO10S2/c1-40-27-17-24(21-10-13-23(14-11-21)35-19-43-31(32,33)34)29(41-2)30(45-47(4,38)39)28(27)22-12-15-25(26(16-22)44-46(3,36)37)42-18-20-8-6-5-7-9-20/h5-17,19H,18H2,1-4H3/b35-19-. The molecule has 0 unspecified atom stereocenters. The van der Waals surface area contributed by atoms with Crippen molar-refractivity contribution < 1.29 is 57.3 Å². The maximum Gasteiger partial charge on any atom is 0.573 e.